The zero-order valence-electron chi connectivity index (χ0n) is 18.1. The molecule has 0 saturated carbocycles. The lowest BCUT2D eigenvalue weighted by Gasteiger charge is -2.15. The monoisotopic (exact) mass is 423 g/mol. The zero-order valence-corrected chi connectivity index (χ0v) is 18.1. The zero-order chi connectivity index (χ0) is 21.9. The van der Waals surface area contributed by atoms with Crippen molar-refractivity contribution < 1.29 is 9.13 Å². The second kappa shape index (κ2) is 11.7. The minimum absolute atomic E-state index is 0.179. The van der Waals surface area contributed by atoms with Gasteiger partial charge in [-0.1, -0.05) is 36.4 Å². The number of ether oxygens (including phenoxy) is 1. The molecule has 6 nitrogen and oxygen atoms in total. The molecule has 3 aromatic rings. The van der Waals surface area contributed by atoms with E-state index in [1.165, 1.54) is 17.7 Å². The molecule has 0 saturated heterocycles. The summed E-state index contributed by atoms with van der Waals surface area (Å²) < 4.78 is 21.2. The van der Waals surface area contributed by atoms with Crippen LogP contribution in [-0.2, 0) is 13.0 Å². The third-order valence-corrected chi connectivity index (χ3v) is 4.62. The maximum absolute atomic E-state index is 13.3. The second-order valence-corrected chi connectivity index (χ2v) is 7.24. The van der Waals surface area contributed by atoms with Crippen LogP contribution in [0.25, 0.3) is 0 Å². The summed E-state index contributed by atoms with van der Waals surface area (Å²) in [5.41, 5.74) is 1.25. The summed E-state index contributed by atoms with van der Waals surface area (Å²) in [6.45, 7) is 6.66. The molecule has 0 aliphatic carbocycles. The van der Waals surface area contributed by atoms with Crippen molar-refractivity contribution in [3.05, 3.63) is 84.2 Å². The van der Waals surface area contributed by atoms with Gasteiger partial charge in [0.1, 0.15) is 23.5 Å². The molecule has 0 aliphatic rings. The number of guanidine groups is 1. The topological polar surface area (TPSA) is 63.5 Å². The first-order valence-electron chi connectivity index (χ1n) is 10.6. The van der Waals surface area contributed by atoms with Crippen molar-refractivity contribution in [2.45, 2.75) is 32.9 Å². The molecule has 2 N–H and O–H groups in total. The molecule has 2 aromatic carbocycles. The summed E-state index contributed by atoms with van der Waals surface area (Å²) in [7, 11) is 0. The molecule has 3 rings (SSSR count). The smallest absolute Gasteiger partial charge is 0.191 e. The van der Waals surface area contributed by atoms with Crippen LogP contribution in [0.15, 0.2) is 72.0 Å². The summed E-state index contributed by atoms with van der Waals surface area (Å²) >= 11 is 0. The fourth-order valence-corrected chi connectivity index (χ4v) is 3.16. The van der Waals surface area contributed by atoms with Gasteiger partial charge in [-0.3, -0.25) is 0 Å². The lowest BCUT2D eigenvalue weighted by Crippen LogP contribution is -2.39. The molecule has 0 amide bonds. The second-order valence-electron chi connectivity index (χ2n) is 7.24. The Kier molecular flexibility index (Phi) is 8.46. The highest BCUT2D eigenvalue weighted by Crippen LogP contribution is 2.13. The van der Waals surface area contributed by atoms with Gasteiger partial charge in [-0.15, -0.1) is 0 Å². The van der Waals surface area contributed by atoms with Gasteiger partial charge in [0.2, 0.25) is 0 Å². The summed E-state index contributed by atoms with van der Waals surface area (Å²) in [5, 5.41) is 6.59. The number of nitrogens with one attached hydrogen (secondary N) is 2. The number of imidazole rings is 1. The number of benzene rings is 2. The fourth-order valence-electron chi connectivity index (χ4n) is 3.16. The summed E-state index contributed by atoms with van der Waals surface area (Å²) in [6.07, 6.45) is 4.44. The van der Waals surface area contributed by atoms with Crippen molar-refractivity contribution in [1.29, 1.82) is 0 Å². The van der Waals surface area contributed by atoms with E-state index in [0.717, 1.165) is 31.3 Å². The van der Waals surface area contributed by atoms with Gasteiger partial charge >= 0.3 is 0 Å². The number of nitrogens with zero attached hydrogens (tertiary/aromatic N) is 3. The molecular formula is C24H30FN5O. The molecular weight excluding hydrogens is 393 g/mol. The highest BCUT2D eigenvalue weighted by molar-refractivity contribution is 5.79. The van der Waals surface area contributed by atoms with E-state index in [9.17, 15) is 4.39 Å². The molecule has 1 atom stereocenters. The number of hydrogen-bond acceptors (Lipinski definition) is 3. The molecule has 1 heterocycles. The molecule has 0 bridgehead atoms. The largest absolute Gasteiger partial charge is 0.489 e. The molecule has 164 valence electrons. The van der Waals surface area contributed by atoms with Gasteiger partial charge < -0.3 is 19.9 Å². The van der Waals surface area contributed by atoms with E-state index in [1.807, 2.05) is 44.4 Å². The quantitative estimate of drug-likeness (QED) is 0.386. The Hall–Kier alpha value is -3.35. The summed E-state index contributed by atoms with van der Waals surface area (Å²) in [6, 6.07) is 16.5. The van der Waals surface area contributed by atoms with E-state index >= 15 is 0 Å². The van der Waals surface area contributed by atoms with E-state index in [4.69, 9.17) is 4.74 Å². The van der Waals surface area contributed by atoms with Crippen LogP contribution >= 0.6 is 0 Å². The lowest BCUT2D eigenvalue weighted by atomic mass is 10.2. The minimum atomic E-state index is -0.311. The van der Waals surface area contributed by atoms with Gasteiger partial charge in [-0.2, -0.15) is 0 Å². The van der Waals surface area contributed by atoms with Crippen molar-refractivity contribution in [3.8, 4) is 5.75 Å². The van der Waals surface area contributed by atoms with Gasteiger partial charge in [-0.05, 0) is 31.5 Å². The molecule has 0 radical (unpaired) electrons. The van der Waals surface area contributed by atoms with Crippen LogP contribution < -0.4 is 15.4 Å². The summed E-state index contributed by atoms with van der Waals surface area (Å²) in [4.78, 5) is 9.08. The van der Waals surface area contributed by atoms with Crippen molar-refractivity contribution in [2.24, 2.45) is 4.99 Å². The number of aliphatic imine (C=N–C) groups is 1. The predicted molar refractivity (Wildman–Crippen MR) is 122 cm³/mol. The number of halogens is 1. The SMILES string of the molecule is CCNC(=NCC(C)Oc1cccc(F)c1)NCCc1nccn1Cc1ccccc1. The Labute approximate surface area is 183 Å². The van der Waals surface area contributed by atoms with E-state index < -0.39 is 0 Å². The van der Waals surface area contributed by atoms with Gasteiger partial charge in [0.05, 0.1) is 6.54 Å². The predicted octanol–water partition coefficient (Wildman–Crippen LogP) is 3.64. The first-order valence-corrected chi connectivity index (χ1v) is 10.6. The van der Waals surface area contributed by atoms with Crippen molar-refractivity contribution in [2.75, 3.05) is 19.6 Å². The summed E-state index contributed by atoms with van der Waals surface area (Å²) in [5.74, 6) is 1.94. The standard InChI is InChI=1S/C24H30FN5O/c1-3-26-24(29-17-19(2)31-22-11-7-10-21(25)16-22)28-13-12-23-27-14-15-30(23)18-20-8-5-4-6-9-20/h4-11,14-16,19H,3,12-13,17-18H2,1-2H3,(H2,26,28,29). The van der Waals surface area contributed by atoms with Gasteiger partial charge in [0.15, 0.2) is 5.96 Å². The number of rotatable bonds is 10. The van der Waals surface area contributed by atoms with Gasteiger partial charge in [0, 0.05) is 44.5 Å². The van der Waals surface area contributed by atoms with Crippen LogP contribution in [0.2, 0.25) is 0 Å². The van der Waals surface area contributed by atoms with Crippen molar-refractivity contribution in [1.82, 2.24) is 20.2 Å². The molecule has 7 heteroatoms. The maximum atomic E-state index is 13.3. The average molecular weight is 424 g/mol. The maximum Gasteiger partial charge on any atom is 0.191 e. The van der Waals surface area contributed by atoms with Crippen LogP contribution in [0.5, 0.6) is 5.75 Å². The fraction of sp³-hybridized carbons (Fsp3) is 0.333. The highest BCUT2D eigenvalue weighted by Gasteiger charge is 2.07. The molecule has 1 aromatic heterocycles. The van der Waals surface area contributed by atoms with Gasteiger partial charge in [0.25, 0.3) is 0 Å². The van der Waals surface area contributed by atoms with Crippen molar-refractivity contribution in [3.63, 3.8) is 0 Å². The van der Waals surface area contributed by atoms with Crippen molar-refractivity contribution >= 4 is 5.96 Å². The Morgan fingerprint density at radius 2 is 2.00 bits per heavy atom. The first-order chi connectivity index (χ1) is 15.1. The third kappa shape index (κ3) is 7.44. The normalized spacial score (nSPS) is 12.4. The van der Waals surface area contributed by atoms with E-state index in [1.54, 1.807) is 12.1 Å². The molecule has 0 aliphatic heterocycles. The average Bonchev–Trinajstić information content (AvgIpc) is 3.19. The van der Waals surface area contributed by atoms with Crippen LogP contribution in [0, 0.1) is 5.82 Å². The lowest BCUT2D eigenvalue weighted by molar-refractivity contribution is 0.229. The van der Waals surface area contributed by atoms with Crippen LogP contribution in [0.1, 0.15) is 25.2 Å². The Morgan fingerprint density at radius 1 is 1.16 bits per heavy atom. The molecule has 1 unspecified atom stereocenters. The minimum Gasteiger partial charge on any atom is -0.489 e. The van der Waals surface area contributed by atoms with Crippen LogP contribution in [0.3, 0.4) is 0 Å². The van der Waals surface area contributed by atoms with E-state index in [0.29, 0.717) is 18.8 Å². The molecule has 31 heavy (non-hydrogen) atoms. The highest BCUT2D eigenvalue weighted by atomic mass is 19.1. The van der Waals surface area contributed by atoms with Gasteiger partial charge in [-0.25, -0.2) is 14.4 Å². The third-order valence-electron chi connectivity index (χ3n) is 4.62. The Morgan fingerprint density at radius 3 is 2.77 bits per heavy atom. The molecule has 0 spiro atoms. The number of hydrogen-bond donors (Lipinski definition) is 2. The number of aromatic nitrogens is 2. The first kappa shape index (κ1) is 22.3. The molecule has 0 fully saturated rings. The Bertz CT molecular complexity index is 957. The van der Waals surface area contributed by atoms with Crippen LogP contribution in [-0.4, -0.2) is 41.2 Å². The Balaban J connectivity index is 1.50. The van der Waals surface area contributed by atoms with E-state index in [-0.39, 0.29) is 11.9 Å². The van der Waals surface area contributed by atoms with E-state index in [2.05, 4.69) is 37.3 Å². The van der Waals surface area contributed by atoms with Crippen LogP contribution in [0.4, 0.5) is 4.39 Å².